The molecule has 4 rings (SSSR count). The highest BCUT2D eigenvalue weighted by atomic mass is 32.1. The molecule has 0 spiro atoms. The smallest absolute Gasteiger partial charge is 0.346 e. The van der Waals surface area contributed by atoms with Crippen molar-refractivity contribution in [2.24, 2.45) is 5.73 Å². The summed E-state index contributed by atoms with van der Waals surface area (Å²) in [6, 6.07) is 9.64. The van der Waals surface area contributed by atoms with E-state index in [9.17, 15) is 14.0 Å². The second-order valence-corrected chi connectivity index (χ2v) is 8.03. The van der Waals surface area contributed by atoms with Crippen LogP contribution in [0.3, 0.4) is 0 Å². The van der Waals surface area contributed by atoms with Crippen LogP contribution in [-0.4, -0.2) is 40.5 Å². The molecule has 1 aliphatic heterocycles. The summed E-state index contributed by atoms with van der Waals surface area (Å²) in [5.74, 6) is 0.582. The van der Waals surface area contributed by atoms with Crippen LogP contribution in [0.15, 0.2) is 53.4 Å². The Morgan fingerprint density at radius 1 is 1.33 bits per heavy atom. The highest BCUT2D eigenvalue weighted by molar-refractivity contribution is 7.15. The van der Waals surface area contributed by atoms with Gasteiger partial charge in [0, 0.05) is 23.3 Å². The summed E-state index contributed by atoms with van der Waals surface area (Å²) >= 11 is 1.54. The minimum Gasteiger partial charge on any atom is -0.482 e. The van der Waals surface area contributed by atoms with Gasteiger partial charge >= 0.3 is 5.69 Å². The standard InChI is InChI=1S/C20H20FN5O3S/c1-24-16-6-14(2-4-17(16)29-11-19(24)27)18-5-3-15(30-18)10-25-12-23-26(20(25)28)9-13(7-21)8-22/h2-7,12H,8-11,22H2,1H3/b13-7+. The number of amides is 1. The van der Waals surface area contributed by atoms with Crippen molar-refractivity contribution in [1.29, 1.82) is 0 Å². The summed E-state index contributed by atoms with van der Waals surface area (Å²) in [4.78, 5) is 27.9. The van der Waals surface area contributed by atoms with Crippen LogP contribution in [0.1, 0.15) is 4.88 Å². The first-order valence-corrected chi connectivity index (χ1v) is 10.0. The van der Waals surface area contributed by atoms with Crippen molar-refractivity contribution in [3.05, 3.63) is 63.9 Å². The summed E-state index contributed by atoms with van der Waals surface area (Å²) < 4.78 is 20.8. The molecule has 0 radical (unpaired) electrons. The fourth-order valence-electron chi connectivity index (χ4n) is 3.14. The van der Waals surface area contributed by atoms with Crippen LogP contribution in [-0.2, 0) is 17.9 Å². The summed E-state index contributed by atoms with van der Waals surface area (Å²) in [5.41, 5.74) is 7.09. The molecule has 0 atom stereocenters. The molecular weight excluding hydrogens is 409 g/mol. The number of fused-ring (bicyclic) bond motifs is 1. The number of hydrogen-bond acceptors (Lipinski definition) is 6. The van der Waals surface area contributed by atoms with Gasteiger partial charge in [-0.05, 0) is 41.5 Å². The number of carbonyl (C=O) groups excluding carboxylic acids is 1. The quantitative estimate of drug-likeness (QED) is 0.647. The predicted octanol–water partition coefficient (Wildman–Crippen LogP) is 1.99. The van der Waals surface area contributed by atoms with Gasteiger partial charge < -0.3 is 15.4 Å². The Morgan fingerprint density at radius 2 is 2.17 bits per heavy atom. The Kier molecular flexibility index (Phi) is 5.51. The molecule has 30 heavy (non-hydrogen) atoms. The molecule has 0 saturated heterocycles. The average Bonchev–Trinajstić information content (AvgIpc) is 3.36. The van der Waals surface area contributed by atoms with Crippen LogP contribution >= 0.6 is 11.3 Å². The van der Waals surface area contributed by atoms with Gasteiger partial charge in [0.2, 0.25) is 0 Å². The van der Waals surface area contributed by atoms with E-state index < -0.39 is 0 Å². The Balaban J connectivity index is 1.54. The molecule has 1 aromatic carbocycles. The van der Waals surface area contributed by atoms with E-state index in [4.69, 9.17) is 10.5 Å². The van der Waals surface area contributed by atoms with Crippen molar-refractivity contribution in [2.45, 2.75) is 13.1 Å². The lowest BCUT2D eigenvalue weighted by molar-refractivity contribution is -0.120. The largest absolute Gasteiger partial charge is 0.482 e. The number of likely N-dealkylation sites (N-methyl/N-ethyl adjacent to an activating group) is 1. The van der Waals surface area contributed by atoms with Gasteiger partial charge in [-0.25, -0.2) is 13.9 Å². The van der Waals surface area contributed by atoms with Crippen LogP contribution in [0.25, 0.3) is 10.4 Å². The topological polar surface area (TPSA) is 95.4 Å². The zero-order chi connectivity index (χ0) is 21.3. The lowest BCUT2D eigenvalue weighted by Gasteiger charge is -2.26. The number of hydrogen-bond donors (Lipinski definition) is 1. The minimum absolute atomic E-state index is 0.0245. The van der Waals surface area contributed by atoms with Gasteiger partial charge in [0.05, 0.1) is 25.1 Å². The number of nitrogens with zero attached hydrogens (tertiary/aromatic N) is 4. The highest BCUT2D eigenvalue weighted by Crippen LogP contribution is 2.37. The first-order chi connectivity index (χ1) is 14.5. The summed E-state index contributed by atoms with van der Waals surface area (Å²) in [6.07, 6.45) is 1.84. The molecule has 156 valence electrons. The van der Waals surface area contributed by atoms with Gasteiger partial charge in [0.15, 0.2) is 6.61 Å². The van der Waals surface area contributed by atoms with Crippen molar-refractivity contribution < 1.29 is 13.9 Å². The van der Waals surface area contributed by atoms with Gasteiger partial charge in [-0.15, -0.1) is 11.3 Å². The normalized spacial score (nSPS) is 14.0. The molecule has 0 aliphatic carbocycles. The lowest BCUT2D eigenvalue weighted by Crippen LogP contribution is -2.35. The second-order valence-electron chi connectivity index (χ2n) is 6.86. The molecule has 1 amide bonds. The molecule has 1 aliphatic rings. The van der Waals surface area contributed by atoms with E-state index in [1.165, 1.54) is 15.6 Å². The Morgan fingerprint density at radius 3 is 2.93 bits per heavy atom. The summed E-state index contributed by atoms with van der Waals surface area (Å²) in [7, 11) is 1.73. The Hall–Kier alpha value is -3.24. The number of nitrogens with two attached hydrogens (primary N) is 1. The second kappa shape index (κ2) is 8.25. The van der Waals surface area contributed by atoms with Gasteiger partial charge in [-0.1, -0.05) is 0 Å². The monoisotopic (exact) mass is 429 g/mol. The number of halogens is 1. The van der Waals surface area contributed by atoms with Crippen LogP contribution < -0.4 is 21.1 Å². The maximum absolute atomic E-state index is 12.7. The van der Waals surface area contributed by atoms with Gasteiger partial charge in [0.1, 0.15) is 12.1 Å². The van der Waals surface area contributed by atoms with Crippen molar-refractivity contribution in [2.75, 3.05) is 25.1 Å². The number of ether oxygens (including phenoxy) is 1. The van der Waals surface area contributed by atoms with Crippen molar-refractivity contribution in [3.8, 4) is 16.2 Å². The zero-order valence-electron chi connectivity index (χ0n) is 16.2. The molecule has 0 bridgehead atoms. The summed E-state index contributed by atoms with van der Waals surface area (Å²) in [5, 5.41) is 4.03. The Bertz CT molecular complexity index is 1180. The van der Waals surface area contributed by atoms with E-state index in [1.807, 2.05) is 30.3 Å². The van der Waals surface area contributed by atoms with E-state index in [2.05, 4.69) is 5.10 Å². The minimum atomic E-state index is -0.330. The molecular formula is C20H20FN5O3S. The third-order valence-electron chi connectivity index (χ3n) is 4.88. The molecule has 0 fully saturated rings. The SMILES string of the molecule is CN1C(=O)COc2ccc(-c3ccc(Cn4cnn(C/C(=C/F)CN)c4=O)s3)cc21. The maximum atomic E-state index is 12.7. The van der Waals surface area contributed by atoms with Crippen LogP contribution in [0.5, 0.6) is 5.75 Å². The number of carbonyl (C=O) groups is 1. The molecule has 3 heterocycles. The molecule has 0 saturated carbocycles. The number of benzene rings is 1. The van der Waals surface area contributed by atoms with Crippen molar-refractivity contribution in [3.63, 3.8) is 0 Å². The van der Waals surface area contributed by atoms with Crippen molar-refractivity contribution in [1.82, 2.24) is 14.3 Å². The molecule has 3 aromatic rings. The van der Waals surface area contributed by atoms with Crippen LogP contribution in [0.4, 0.5) is 10.1 Å². The zero-order valence-corrected chi connectivity index (χ0v) is 17.1. The van der Waals surface area contributed by atoms with Gasteiger partial charge in [-0.3, -0.25) is 9.36 Å². The van der Waals surface area contributed by atoms with Crippen molar-refractivity contribution >= 4 is 22.9 Å². The van der Waals surface area contributed by atoms with Crippen LogP contribution in [0.2, 0.25) is 0 Å². The molecule has 0 unspecified atom stereocenters. The average molecular weight is 429 g/mol. The fourth-order valence-corrected chi connectivity index (χ4v) is 4.14. The predicted molar refractivity (Wildman–Crippen MR) is 112 cm³/mol. The van der Waals surface area contributed by atoms with Gasteiger partial charge in [-0.2, -0.15) is 5.10 Å². The third kappa shape index (κ3) is 3.79. The number of anilines is 1. The molecule has 2 aromatic heterocycles. The third-order valence-corrected chi connectivity index (χ3v) is 6.00. The molecule has 8 nitrogen and oxygen atoms in total. The summed E-state index contributed by atoms with van der Waals surface area (Å²) in [6.45, 7) is 0.449. The van der Waals surface area contributed by atoms with E-state index in [-0.39, 0.29) is 31.3 Å². The number of thiophene rings is 1. The number of rotatable bonds is 6. The van der Waals surface area contributed by atoms with E-state index in [0.717, 1.165) is 21.0 Å². The maximum Gasteiger partial charge on any atom is 0.346 e. The Labute approximate surface area is 175 Å². The first-order valence-electron chi connectivity index (χ1n) is 9.23. The number of aromatic nitrogens is 3. The molecule has 10 heteroatoms. The molecule has 2 N–H and O–H groups in total. The highest BCUT2D eigenvalue weighted by Gasteiger charge is 2.22. The fraction of sp³-hybridized carbons (Fsp3) is 0.250. The van der Waals surface area contributed by atoms with Gasteiger partial charge in [0.25, 0.3) is 5.91 Å². The van der Waals surface area contributed by atoms with E-state index >= 15 is 0 Å². The first kappa shape index (κ1) is 20.0. The van der Waals surface area contributed by atoms with E-state index in [0.29, 0.717) is 24.2 Å². The van der Waals surface area contributed by atoms with Crippen LogP contribution in [0, 0.1) is 0 Å². The lowest BCUT2D eigenvalue weighted by atomic mass is 10.1. The van der Waals surface area contributed by atoms with E-state index in [1.54, 1.807) is 23.3 Å².